The third-order valence-corrected chi connectivity index (χ3v) is 8.00. The molecule has 0 fully saturated rings. The zero-order valence-electron chi connectivity index (χ0n) is 14.0. The lowest BCUT2D eigenvalue weighted by molar-refractivity contribution is 0.0202. The molecule has 0 aromatic rings. The maximum absolute atomic E-state index is 2.50. The fraction of sp³-hybridized carbons (Fsp3) is 0.778. The van der Waals surface area contributed by atoms with Crippen LogP contribution in [0.4, 0.5) is 0 Å². The summed E-state index contributed by atoms with van der Waals surface area (Å²) in [5.74, 6) is 0. The summed E-state index contributed by atoms with van der Waals surface area (Å²) < 4.78 is 0. The molecule has 2 atom stereocenters. The summed E-state index contributed by atoms with van der Waals surface area (Å²) in [6.07, 6.45) is 0. The topological polar surface area (TPSA) is 0 Å². The number of hydrogen-bond acceptors (Lipinski definition) is 0. The first kappa shape index (κ1) is 13.9. The van der Waals surface area contributed by atoms with Gasteiger partial charge in [0, 0.05) is 10.8 Å². The highest BCUT2D eigenvalue weighted by Crippen LogP contribution is 2.78. The first-order valence-corrected chi connectivity index (χ1v) is 7.25. The second-order valence-electron chi connectivity index (χ2n) is 8.00. The van der Waals surface area contributed by atoms with Gasteiger partial charge in [-0.05, 0) is 38.5 Å². The van der Waals surface area contributed by atoms with Crippen LogP contribution in [0.15, 0.2) is 22.3 Å². The molecule has 2 aliphatic rings. The molecule has 0 bridgehead atoms. The van der Waals surface area contributed by atoms with Crippen molar-refractivity contribution in [3.63, 3.8) is 0 Å². The molecule has 2 aliphatic carbocycles. The number of allylic oxidation sites excluding steroid dienone is 4. The summed E-state index contributed by atoms with van der Waals surface area (Å²) in [6, 6.07) is 0. The van der Waals surface area contributed by atoms with Gasteiger partial charge < -0.3 is 0 Å². The van der Waals surface area contributed by atoms with E-state index in [0.29, 0.717) is 0 Å². The molecule has 0 aliphatic heterocycles. The van der Waals surface area contributed by atoms with E-state index in [0.717, 1.165) is 0 Å². The first-order chi connectivity index (χ1) is 7.88. The molecular weight excluding hydrogens is 216 g/mol. The molecule has 0 radical (unpaired) electrons. The lowest BCUT2D eigenvalue weighted by Crippen LogP contribution is -2.47. The minimum atomic E-state index is 0.252. The zero-order valence-corrected chi connectivity index (χ0v) is 14.0. The smallest absolute Gasteiger partial charge is 0.00710 e. The van der Waals surface area contributed by atoms with Crippen LogP contribution in [0.5, 0.6) is 0 Å². The quantitative estimate of drug-likeness (QED) is 0.477. The highest BCUT2D eigenvalue weighted by molar-refractivity contribution is 5.52. The van der Waals surface area contributed by atoms with E-state index < -0.39 is 0 Å². The predicted octanol–water partition coefficient (Wildman–Crippen LogP) is 5.75. The molecule has 18 heavy (non-hydrogen) atoms. The predicted molar refractivity (Wildman–Crippen MR) is 80.5 cm³/mol. The summed E-state index contributed by atoms with van der Waals surface area (Å²) in [4.78, 5) is 0. The average molecular weight is 246 g/mol. The largest absolute Gasteiger partial charge is 0.0672 e. The van der Waals surface area contributed by atoms with E-state index in [1.165, 1.54) is 0 Å². The molecule has 0 saturated carbocycles. The van der Waals surface area contributed by atoms with Gasteiger partial charge in [0.05, 0.1) is 0 Å². The van der Waals surface area contributed by atoms with Crippen molar-refractivity contribution >= 4 is 0 Å². The highest BCUT2D eigenvalue weighted by Gasteiger charge is 2.70. The van der Waals surface area contributed by atoms with E-state index in [1.54, 1.807) is 22.3 Å². The molecule has 0 nitrogen and oxygen atoms in total. The highest BCUT2D eigenvalue weighted by atomic mass is 14.7. The summed E-state index contributed by atoms with van der Waals surface area (Å²) >= 11 is 0. The van der Waals surface area contributed by atoms with Crippen LogP contribution < -0.4 is 0 Å². The van der Waals surface area contributed by atoms with Crippen molar-refractivity contribution in [2.24, 2.45) is 21.7 Å². The molecule has 102 valence electrons. The van der Waals surface area contributed by atoms with Crippen molar-refractivity contribution < 1.29 is 0 Å². The Bertz CT molecular complexity index is 438. The molecule has 0 amide bonds. The Morgan fingerprint density at radius 1 is 0.444 bits per heavy atom. The Kier molecular flexibility index (Phi) is 2.42. The maximum atomic E-state index is 2.50. The fourth-order valence-corrected chi connectivity index (χ4v) is 5.38. The van der Waals surface area contributed by atoms with E-state index in [-0.39, 0.29) is 21.7 Å². The molecule has 0 N–H and O–H groups in total. The minimum absolute atomic E-state index is 0.252. The van der Waals surface area contributed by atoms with Gasteiger partial charge in [-0.25, -0.2) is 0 Å². The molecule has 0 spiro atoms. The third-order valence-electron chi connectivity index (χ3n) is 8.00. The van der Waals surface area contributed by atoms with Gasteiger partial charge in [0.1, 0.15) is 0 Å². The van der Waals surface area contributed by atoms with Gasteiger partial charge in [-0.15, -0.1) is 0 Å². The number of rotatable bonds is 0. The van der Waals surface area contributed by atoms with E-state index in [2.05, 4.69) is 69.2 Å². The van der Waals surface area contributed by atoms with E-state index in [9.17, 15) is 0 Å². The van der Waals surface area contributed by atoms with Crippen LogP contribution in [0.25, 0.3) is 0 Å². The lowest BCUT2D eigenvalue weighted by Gasteiger charge is -2.52. The van der Waals surface area contributed by atoms with E-state index in [1.807, 2.05) is 0 Å². The monoisotopic (exact) mass is 246 g/mol. The van der Waals surface area contributed by atoms with Crippen molar-refractivity contribution in [1.82, 2.24) is 0 Å². The van der Waals surface area contributed by atoms with Gasteiger partial charge in [-0.2, -0.15) is 0 Å². The lowest BCUT2D eigenvalue weighted by atomic mass is 9.51. The second kappa shape index (κ2) is 3.14. The third kappa shape index (κ3) is 0.949. The molecule has 2 unspecified atom stereocenters. The fourth-order valence-electron chi connectivity index (χ4n) is 5.38. The van der Waals surface area contributed by atoms with Gasteiger partial charge in [0.25, 0.3) is 0 Å². The summed E-state index contributed by atoms with van der Waals surface area (Å²) in [5.41, 5.74) is 7.46. The molecule has 0 saturated heterocycles. The van der Waals surface area contributed by atoms with Gasteiger partial charge in [0.2, 0.25) is 0 Å². The molecule has 0 heteroatoms. The second-order valence-corrected chi connectivity index (χ2v) is 8.00. The summed E-state index contributed by atoms with van der Waals surface area (Å²) in [5, 5.41) is 0. The van der Waals surface area contributed by atoms with Crippen LogP contribution >= 0.6 is 0 Å². The number of hydrogen-bond donors (Lipinski definition) is 0. The summed E-state index contributed by atoms with van der Waals surface area (Å²) in [6.45, 7) is 24.2. The molecule has 0 heterocycles. The zero-order chi connectivity index (χ0) is 14.3. The average Bonchev–Trinajstić information content (AvgIpc) is 2.46. The molecule has 0 aromatic carbocycles. The van der Waals surface area contributed by atoms with E-state index >= 15 is 0 Å². The van der Waals surface area contributed by atoms with Gasteiger partial charge in [-0.3, -0.25) is 0 Å². The van der Waals surface area contributed by atoms with Crippen molar-refractivity contribution in [3.8, 4) is 0 Å². The van der Waals surface area contributed by atoms with Crippen molar-refractivity contribution in [3.05, 3.63) is 22.3 Å². The number of fused-ring (bicyclic) bond motifs is 1. The van der Waals surface area contributed by atoms with Crippen molar-refractivity contribution in [2.75, 3.05) is 0 Å². The van der Waals surface area contributed by atoms with Crippen LogP contribution in [-0.4, -0.2) is 0 Å². The van der Waals surface area contributed by atoms with Crippen LogP contribution in [0.1, 0.15) is 69.2 Å². The van der Waals surface area contributed by atoms with Crippen LogP contribution in [0.3, 0.4) is 0 Å². The SMILES string of the molecule is CC1=C(C)C2(C)C(C)(C)C(C)=C(C)C2(C)C1(C)C. The normalized spacial score (nSPS) is 41.7. The Hall–Kier alpha value is -0.520. The molecule has 2 rings (SSSR count). The van der Waals surface area contributed by atoms with Gasteiger partial charge in [0.15, 0.2) is 0 Å². The van der Waals surface area contributed by atoms with Gasteiger partial charge in [-0.1, -0.05) is 63.8 Å². The molecule has 0 aromatic heterocycles. The summed E-state index contributed by atoms with van der Waals surface area (Å²) in [7, 11) is 0. The Morgan fingerprint density at radius 2 is 0.667 bits per heavy atom. The standard InChI is InChI=1S/C18H30/c1-11-13(3)17(9)16(7,8)12(2)14(4)18(17,10)15(11,5)6/h1-10H3. The van der Waals surface area contributed by atoms with E-state index in [4.69, 9.17) is 0 Å². The maximum Gasteiger partial charge on any atom is 0.00710 e. The Morgan fingerprint density at radius 3 is 0.889 bits per heavy atom. The van der Waals surface area contributed by atoms with Crippen molar-refractivity contribution in [2.45, 2.75) is 69.2 Å². The van der Waals surface area contributed by atoms with Crippen LogP contribution in [0.2, 0.25) is 0 Å². The first-order valence-electron chi connectivity index (χ1n) is 7.25. The van der Waals surface area contributed by atoms with Crippen LogP contribution in [-0.2, 0) is 0 Å². The van der Waals surface area contributed by atoms with Crippen molar-refractivity contribution in [1.29, 1.82) is 0 Å². The Labute approximate surface area is 114 Å². The molecular formula is C18H30. The Balaban J connectivity index is 2.89. The minimum Gasteiger partial charge on any atom is -0.0672 e. The van der Waals surface area contributed by atoms with Crippen LogP contribution in [0, 0.1) is 21.7 Å². The van der Waals surface area contributed by atoms with Gasteiger partial charge >= 0.3 is 0 Å².